The third kappa shape index (κ3) is 6.08. The van der Waals surface area contributed by atoms with Gasteiger partial charge in [0, 0.05) is 0 Å². The molecule has 0 aliphatic rings. The van der Waals surface area contributed by atoms with Crippen LogP contribution in [0.5, 0.6) is 0 Å². The van der Waals surface area contributed by atoms with Crippen molar-refractivity contribution >= 4 is 11.9 Å². The van der Waals surface area contributed by atoms with Crippen LogP contribution in [0.1, 0.15) is 79.2 Å². The first-order valence-corrected chi connectivity index (χ1v) is 10.4. The largest absolute Gasteiger partial charge is 0.469 e. The van der Waals surface area contributed by atoms with Crippen molar-refractivity contribution in [2.75, 3.05) is 13.7 Å². The van der Waals surface area contributed by atoms with Gasteiger partial charge in [-0.05, 0) is 57.4 Å². The lowest BCUT2D eigenvalue weighted by molar-refractivity contribution is -0.162. The van der Waals surface area contributed by atoms with Crippen molar-refractivity contribution < 1.29 is 19.1 Å². The number of carbonyl (C=O) groups is 2. The summed E-state index contributed by atoms with van der Waals surface area (Å²) in [4.78, 5) is 25.5. The van der Waals surface area contributed by atoms with Crippen molar-refractivity contribution in [3.63, 3.8) is 0 Å². The monoisotopic (exact) mass is 390 g/mol. The number of ether oxygens (including phenoxy) is 2. The van der Waals surface area contributed by atoms with Crippen LogP contribution < -0.4 is 0 Å². The molecule has 0 aliphatic carbocycles. The van der Waals surface area contributed by atoms with E-state index in [4.69, 9.17) is 9.47 Å². The zero-order valence-electron chi connectivity index (χ0n) is 18.8. The Morgan fingerprint density at radius 3 is 2.04 bits per heavy atom. The van der Waals surface area contributed by atoms with E-state index in [0.29, 0.717) is 19.4 Å². The molecule has 0 N–H and O–H groups in total. The number of esters is 2. The van der Waals surface area contributed by atoms with Crippen LogP contribution in [0.2, 0.25) is 0 Å². The van der Waals surface area contributed by atoms with Crippen molar-refractivity contribution in [3.05, 3.63) is 35.9 Å². The quantitative estimate of drug-likeness (QED) is 0.360. The summed E-state index contributed by atoms with van der Waals surface area (Å²) in [5.74, 6) is -0.536. The van der Waals surface area contributed by atoms with Crippen LogP contribution in [0.3, 0.4) is 0 Å². The highest BCUT2D eigenvalue weighted by Gasteiger charge is 2.47. The van der Waals surface area contributed by atoms with E-state index in [1.807, 2.05) is 39.0 Å². The van der Waals surface area contributed by atoms with Crippen LogP contribution >= 0.6 is 0 Å². The van der Waals surface area contributed by atoms with Crippen molar-refractivity contribution in [1.82, 2.24) is 0 Å². The summed E-state index contributed by atoms with van der Waals surface area (Å²) in [6.07, 6.45) is 3.67. The molecule has 2 unspecified atom stereocenters. The van der Waals surface area contributed by atoms with Gasteiger partial charge in [0.1, 0.15) is 0 Å². The second kappa shape index (κ2) is 10.1. The highest BCUT2D eigenvalue weighted by molar-refractivity contribution is 5.80. The summed E-state index contributed by atoms with van der Waals surface area (Å²) in [5.41, 5.74) is -0.590. The van der Waals surface area contributed by atoms with Crippen LogP contribution in [0.4, 0.5) is 0 Å². The standard InChI is InChI=1S/C24H38O4/c1-8-10-16-28-20(25)22(3,4)17-24(6,21(26)27-7)18-23(5,9-2)19-14-12-11-13-15-19/h11-15H,8-10,16-18H2,1-7H3. The number of methoxy groups -OCH3 is 1. The Bertz CT molecular complexity index is 637. The predicted molar refractivity (Wildman–Crippen MR) is 113 cm³/mol. The molecule has 0 saturated carbocycles. The maximum Gasteiger partial charge on any atom is 0.311 e. The highest BCUT2D eigenvalue weighted by Crippen LogP contribution is 2.46. The summed E-state index contributed by atoms with van der Waals surface area (Å²) < 4.78 is 10.6. The Balaban J connectivity index is 3.14. The van der Waals surface area contributed by atoms with E-state index in [2.05, 4.69) is 32.9 Å². The normalized spacial score (nSPS) is 16.0. The number of carbonyl (C=O) groups excluding carboxylic acids is 2. The molecule has 0 bridgehead atoms. The van der Waals surface area contributed by atoms with Crippen LogP contribution in [-0.2, 0) is 24.5 Å². The molecule has 28 heavy (non-hydrogen) atoms. The molecule has 158 valence electrons. The van der Waals surface area contributed by atoms with Crippen molar-refractivity contribution in [1.29, 1.82) is 0 Å². The van der Waals surface area contributed by atoms with Gasteiger partial charge in [0.2, 0.25) is 0 Å². The van der Waals surface area contributed by atoms with Gasteiger partial charge in [0.25, 0.3) is 0 Å². The summed E-state index contributed by atoms with van der Waals surface area (Å²) in [5, 5.41) is 0. The molecule has 0 amide bonds. The van der Waals surface area contributed by atoms with E-state index in [1.165, 1.54) is 12.7 Å². The first-order valence-electron chi connectivity index (χ1n) is 10.4. The molecule has 4 heteroatoms. The fourth-order valence-corrected chi connectivity index (χ4v) is 4.14. The Morgan fingerprint density at radius 2 is 1.54 bits per heavy atom. The maximum absolute atomic E-state index is 12.8. The Labute approximate surface area is 171 Å². The Morgan fingerprint density at radius 1 is 0.929 bits per heavy atom. The van der Waals surface area contributed by atoms with Gasteiger partial charge >= 0.3 is 11.9 Å². The SMILES string of the molecule is CCCCOC(=O)C(C)(C)CC(C)(CC(C)(CC)c1ccccc1)C(=O)OC. The molecule has 2 atom stereocenters. The molecule has 0 radical (unpaired) electrons. The third-order valence-electron chi connectivity index (χ3n) is 5.83. The van der Waals surface area contributed by atoms with E-state index < -0.39 is 10.8 Å². The molecule has 0 aromatic heterocycles. The molecular weight excluding hydrogens is 352 g/mol. The van der Waals surface area contributed by atoms with Gasteiger partial charge in [0.05, 0.1) is 24.5 Å². The molecule has 0 saturated heterocycles. The van der Waals surface area contributed by atoms with Gasteiger partial charge in [-0.15, -0.1) is 0 Å². The predicted octanol–water partition coefficient (Wildman–Crippen LogP) is 5.68. The Hall–Kier alpha value is -1.84. The first kappa shape index (κ1) is 24.2. The average molecular weight is 391 g/mol. The number of rotatable bonds is 11. The zero-order valence-corrected chi connectivity index (χ0v) is 18.8. The second-order valence-corrected chi connectivity index (χ2v) is 9.06. The molecule has 0 fully saturated rings. The van der Waals surface area contributed by atoms with Crippen molar-refractivity contribution in [3.8, 4) is 0 Å². The van der Waals surface area contributed by atoms with Crippen molar-refractivity contribution in [2.24, 2.45) is 10.8 Å². The van der Waals surface area contributed by atoms with E-state index >= 15 is 0 Å². The lowest BCUT2D eigenvalue weighted by Gasteiger charge is -2.41. The fourth-order valence-electron chi connectivity index (χ4n) is 4.14. The Kier molecular flexibility index (Phi) is 8.72. The van der Waals surface area contributed by atoms with E-state index in [-0.39, 0.29) is 17.4 Å². The van der Waals surface area contributed by atoms with Crippen molar-refractivity contribution in [2.45, 2.75) is 79.1 Å². The second-order valence-electron chi connectivity index (χ2n) is 9.06. The molecular formula is C24H38O4. The van der Waals surface area contributed by atoms with Crippen LogP contribution in [0.15, 0.2) is 30.3 Å². The van der Waals surface area contributed by atoms with Crippen LogP contribution in [0, 0.1) is 10.8 Å². The molecule has 0 spiro atoms. The van der Waals surface area contributed by atoms with Gasteiger partial charge in [-0.2, -0.15) is 0 Å². The highest BCUT2D eigenvalue weighted by atomic mass is 16.5. The fraction of sp³-hybridized carbons (Fsp3) is 0.667. The molecule has 1 aromatic carbocycles. The third-order valence-corrected chi connectivity index (χ3v) is 5.83. The smallest absolute Gasteiger partial charge is 0.311 e. The number of hydrogen-bond donors (Lipinski definition) is 0. The number of benzene rings is 1. The lowest BCUT2D eigenvalue weighted by Crippen LogP contribution is -2.42. The number of unbranched alkanes of at least 4 members (excludes halogenated alkanes) is 1. The molecule has 1 rings (SSSR count). The maximum atomic E-state index is 12.8. The van der Waals surface area contributed by atoms with E-state index in [9.17, 15) is 9.59 Å². The number of hydrogen-bond acceptors (Lipinski definition) is 4. The molecule has 0 heterocycles. The minimum Gasteiger partial charge on any atom is -0.469 e. The summed E-state index contributed by atoms with van der Waals surface area (Å²) in [6, 6.07) is 10.2. The van der Waals surface area contributed by atoms with E-state index in [0.717, 1.165) is 19.3 Å². The van der Waals surface area contributed by atoms with E-state index in [1.54, 1.807) is 0 Å². The average Bonchev–Trinajstić information content (AvgIpc) is 2.67. The van der Waals surface area contributed by atoms with Crippen LogP contribution in [0.25, 0.3) is 0 Å². The minimum absolute atomic E-state index is 0.202. The van der Waals surface area contributed by atoms with Gasteiger partial charge in [-0.25, -0.2) is 0 Å². The lowest BCUT2D eigenvalue weighted by atomic mass is 9.63. The van der Waals surface area contributed by atoms with Gasteiger partial charge < -0.3 is 9.47 Å². The minimum atomic E-state index is -0.803. The summed E-state index contributed by atoms with van der Waals surface area (Å²) >= 11 is 0. The topological polar surface area (TPSA) is 52.6 Å². The van der Waals surface area contributed by atoms with Gasteiger partial charge in [-0.1, -0.05) is 57.5 Å². The van der Waals surface area contributed by atoms with Gasteiger partial charge in [0.15, 0.2) is 0 Å². The summed E-state index contributed by atoms with van der Waals surface area (Å²) in [6.45, 7) is 12.4. The first-order chi connectivity index (χ1) is 13.0. The molecule has 4 nitrogen and oxygen atoms in total. The van der Waals surface area contributed by atoms with Crippen LogP contribution in [-0.4, -0.2) is 25.7 Å². The summed E-state index contributed by atoms with van der Waals surface area (Å²) in [7, 11) is 1.42. The van der Waals surface area contributed by atoms with Gasteiger partial charge in [-0.3, -0.25) is 9.59 Å². The molecule has 0 aliphatic heterocycles. The molecule has 1 aromatic rings. The zero-order chi connectivity index (χ0) is 21.4.